The molecule has 2 aromatic carbocycles. The first-order valence-corrected chi connectivity index (χ1v) is 6.69. The molecule has 3 nitrogen and oxygen atoms in total. The summed E-state index contributed by atoms with van der Waals surface area (Å²) >= 11 is 0. The molecule has 0 aromatic heterocycles. The van der Waals surface area contributed by atoms with E-state index in [1.54, 1.807) is 0 Å². The van der Waals surface area contributed by atoms with E-state index in [4.69, 9.17) is 0 Å². The Morgan fingerprint density at radius 1 is 1.11 bits per heavy atom. The van der Waals surface area contributed by atoms with Gasteiger partial charge in [0.1, 0.15) is 0 Å². The summed E-state index contributed by atoms with van der Waals surface area (Å²) in [6, 6.07) is 14.5. The lowest BCUT2D eigenvalue weighted by molar-refractivity contribution is 0.241. The summed E-state index contributed by atoms with van der Waals surface area (Å²) in [5.41, 5.74) is 1.17. The number of hydrogen-bond acceptors (Lipinski definition) is 3. The Kier molecular flexibility index (Phi) is 4.91. The van der Waals surface area contributed by atoms with Crippen LogP contribution in [0.15, 0.2) is 42.5 Å². The highest BCUT2D eigenvalue weighted by Gasteiger charge is 2.12. The number of aliphatic hydroxyl groups is 1. The van der Waals surface area contributed by atoms with Crippen molar-refractivity contribution in [1.82, 2.24) is 10.2 Å². The van der Waals surface area contributed by atoms with Crippen molar-refractivity contribution in [1.29, 1.82) is 0 Å². The van der Waals surface area contributed by atoms with Crippen LogP contribution >= 0.6 is 0 Å². The minimum absolute atomic E-state index is 0.00829. The lowest BCUT2D eigenvalue weighted by atomic mass is 9.99. The van der Waals surface area contributed by atoms with Crippen molar-refractivity contribution < 1.29 is 5.11 Å². The maximum atomic E-state index is 9.63. The van der Waals surface area contributed by atoms with E-state index in [0.717, 1.165) is 13.1 Å². The van der Waals surface area contributed by atoms with E-state index in [2.05, 4.69) is 34.5 Å². The third-order valence-corrected chi connectivity index (χ3v) is 3.33. The van der Waals surface area contributed by atoms with Crippen LogP contribution in [0.1, 0.15) is 11.6 Å². The number of nitrogens with one attached hydrogen (secondary N) is 1. The van der Waals surface area contributed by atoms with Crippen LogP contribution in [0.2, 0.25) is 0 Å². The van der Waals surface area contributed by atoms with E-state index in [1.165, 1.54) is 16.3 Å². The van der Waals surface area contributed by atoms with Gasteiger partial charge in [0, 0.05) is 13.1 Å². The maximum Gasteiger partial charge on any atom is 0.0626 e. The monoisotopic (exact) mass is 258 g/mol. The zero-order valence-electron chi connectivity index (χ0n) is 11.6. The van der Waals surface area contributed by atoms with Crippen LogP contribution in [-0.2, 0) is 0 Å². The Balaban J connectivity index is 2.20. The molecular formula is C16H22N2O. The molecule has 19 heavy (non-hydrogen) atoms. The zero-order chi connectivity index (χ0) is 13.7. The highest BCUT2D eigenvalue weighted by atomic mass is 16.3. The van der Waals surface area contributed by atoms with Crippen LogP contribution in [0, 0.1) is 0 Å². The van der Waals surface area contributed by atoms with Gasteiger partial charge < -0.3 is 15.3 Å². The molecule has 0 radical (unpaired) electrons. The van der Waals surface area contributed by atoms with Gasteiger partial charge in [0.05, 0.1) is 12.6 Å². The molecular weight excluding hydrogens is 236 g/mol. The van der Waals surface area contributed by atoms with E-state index < -0.39 is 0 Å². The van der Waals surface area contributed by atoms with Crippen molar-refractivity contribution >= 4 is 10.8 Å². The van der Waals surface area contributed by atoms with E-state index in [9.17, 15) is 5.11 Å². The SMILES string of the molecule is CN(C)CCNC(CO)c1cccc2ccccc12. The molecule has 0 aliphatic carbocycles. The van der Waals surface area contributed by atoms with E-state index >= 15 is 0 Å². The van der Waals surface area contributed by atoms with Gasteiger partial charge in [0.2, 0.25) is 0 Å². The molecule has 2 rings (SSSR count). The number of nitrogens with zero attached hydrogens (tertiary/aromatic N) is 1. The van der Waals surface area contributed by atoms with Gasteiger partial charge in [-0.15, -0.1) is 0 Å². The number of aliphatic hydroxyl groups excluding tert-OH is 1. The number of benzene rings is 2. The lowest BCUT2D eigenvalue weighted by Crippen LogP contribution is -2.31. The van der Waals surface area contributed by atoms with Crippen molar-refractivity contribution in [2.24, 2.45) is 0 Å². The average Bonchev–Trinajstić information content (AvgIpc) is 2.43. The van der Waals surface area contributed by atoms with Crippen LogP contribution in [0.4, 0.5) is 0 Å². The maximum absolute atomic E-state index is 9.63. The summed E-state index contributed by atoms with van der Waals surface area (Å²) < 4.78 is 0. The molecule has 1 atom stereocenters. The Bertz CT molecular complexity index is 520. The molecule has 0 aliphatic heterocycles. The quantitative estimate of drug-likeness (QED) is 0.832. The molecule has 0 aliphatic rings. The third kappa shape index (κ3) is 3.53. The van der Waals surface area contributed by atoms with Gasteiger partial charge in [0.25, 0.3) is 0 Å². The summed E-state index contributed by atoms with van der Waals surface area (Å²) in [6.45, 7) is 1.93. The Hall–Kier alpha value is -1.42. The predicted molar refractivity (Wildman–Crippen MR) is 80.3 cm³/mol. The molecule has 0 heterocycles. The van der Waals surface area contributed by atoms with Gasteiger partial charge >= 0.3 is 0 Å². The van der Waals surface area contributed by atoms with Gasteiger partial charge in [-0.3, -0.25) is 0 Å². The largest absolute Gasteiger partial charge is 0.394 e. The summed E-state index contributed by atoms with van der Waals surface area (Å²) in [6.07, 6.45) is 0. The van der Waals surface area contributed by atoms with Crippen molar-refractivity contribution in [2.75, 3.05) is 33.8 Å². The second-order valence-corrected chi connectivity index (χ2v) is 5.06. The normalized spacial score (nSPS) is 13.1. The van der Waals surface area contributed by atoms with Gasteiger partial charge in [-0.25, -0.2) is 0 Å². The van der Waals surface area contributed by atoms with Crippen LogP contribution in [0.3, 0.4) is 0 Å². The Morgan fingerprint density at radius 3 is 2.58 bits per heavy atom. The van der Waals surface area contributed by atoms with Crippen molar-refractivity contribution in [3.63, 3.8) is 0 Å². The third-order valence-electron chi connectivity index (χ3n) is 3.33. The van der Waals surface area contributed by atoms with Crippen LogP contribution < -0.4 is 5.32 Å². The van der Waals surface area contributed by atoms with Crippen molar-refractivity contribution in [3.05, 3.63) is 48.0 Å². The summed E-state index contributed by atoms with van der Waals surface area (Å²) in [4.78, 5) is 2.13. The molecule has 102 valence electrons. The first-order chi connectivity index (χ1) is 9.22. The highest BCUT2D eigenvalue weighted by molar-refractivity contribution is 5.86. The molecule has 0 saturated carbocycles. The molecule has 2 N–H and O–H groups in total. The fourth-order valence-electron chi connectivity index (χ4n) is 2.29. The summed E-state index contributed by atoms with van der Waals surface area (Å²) in [5.74, 6) is 0. The first kappa shape index (κ1) is 14.0. The topological polar surface area (TPSA) is 35.5 Å². The molecule has 1 unspecified atom stereocenters. The second kappa shape index (κ2) is 6.66. The standard InChI is InChI=1S/C16H22N2O/c1-18(2)11-10-17-16(12-19)15-9-5-7-13-6-3-4-8-14(13)15/h3-9,16-17,19H,10-12H2,1-2H3. The summed E-state index contributed by atoms with van der Waals surface area (Å²) in [5, 5.41) is 15.5. The molecule has 0 bridgehead atoms. The molecule has 2 aromatic rings. The molecule has 0 spiro atoms. The van der Waals surface area contributed by atoms with Crippen LogP contribution in [-0.4, -0.2) is 43.8 Å². The number of fused-ring (bicyclic) bond motifs is 1. The van der Waals surface area contributed by atoms with Crippen molar-refractivity contribution in [2.45, 2.75) is 6.04 Å². The Labute approximate surface area is 114 Å². The van der Waals surface area contributed by atoms with Gasteiger partial charge in [0.15, 0.2) is 0 Å². The molecule has 0 amide bonds. The predicted octanol–water partition coefficient (Wildman–Crippen LogP) is 2.02. The van der Waals surface area contributed by atoms with E-state index in [-0.39, 0.29) is 12.6 Å². The minimum Gasteiger partial charge on any atom is -0.394 e. The van der Waals surface area contributed by atoms with Gasteiger partial charge in [-0.05, 0) is 30.4 Å². The average molecular weight is 258 g/mol. The number of rotatable bonds is 6. The summed E-state index contributed by atoms with van der Waals surface area (Å²) in [7, 11) is 4.10. The Morgan fingerprint density at radius 2 is 1.84 bits per heavy atom. The molecule has 0 saturated heterocycles. The fourth-order valence-corrected chi connectivity index (χ4v) is 2.29. The lowest BCUT2D eigenvalue weighted by Gasteiger charge is -2.20. The number of hydrogen-bond donors (Lipinski definition) is 2. The van der Waals surface area contributed by atoms with Gasteiger partial charge in [-0.2, -0.15) is 0 Å². The highest BCUT2D eigenvalue weighted by Crippen LogP contribution is 2.23. The molecule has 3 heteroatoms. The fraction of sp³-hybridized carbons (Fsp3) is 0.375. The van der Waals surface area contributed by atoms with E-state index in [1.807, 2.05) is 32.3 Å². The van der Waals surface area contributed by atoms with Gasteiger partial charge in [-0.1, -0.05) is 42.5 Å². The number of likely N-dealkylation sites (N-methyl/N-ethyl adjacent to an activating group) is 1. The first-order valence-electron chi connectivity index (χ1n) is 6.69. The van der Waals surface area contributed by atoms with E-state index in [0.29, 0.717) is 0 Å². The zero-order valence-corrected chi connectivity index (χ0v) is 11.6. The molecule has 0 fully saturated rings. The van der Waals surface area contributed by atoms with Crippen LogP contribution in [0.25, 0.3) is 10.8 Å². The van der Waals surface area contributed by atoms with Crippen molar-refractivity contribution in [3.8, 4) is 0 Å². The van der Waals surface area contributed by atoms with Crippen LogP contribution in [0.5, 0.6) is 0 Å². The minimum atomic E-state index is -0.00829. The smallest absolute Gasteiger partial charge is 0.0626 e. The second-order valence-electron chi connectivity index (χ2n) is 5.06.